The molecule has 1 heterocycles. The lowest BCUT2D eigenvalue weighted by Gasteiger charge is -2.25. The fourth-order valence-electron chi connectivity index (χ4n) is 3.49. The third-order valence-corrected chi connectivity index (χ3v) is 4.88. The van der Waals surface area contributed by atoms with Crippen LogP contribution in [0.15, 0.2) is 65.3 Å². The van der Waals surface area contributed by atoms with E-state index in [1.807, 2.05) is 50.2 Å². The number of furan rings is 1. The minimum Gasteiger partial charge on any atom is -0.494 e. The predicted octanol–water partition coefficient (Wildman–Crippen LogP) is 4.33. The SMILES string of the molecule is CCOc1cccc(CN(Cc2ccco2)CC(O)COc2ccc(C=O)cc2OCC)c1. The smallest absolute Gasteiger partial charge is 0.161 e. The summed E-state index contributed by atoms with van der Waals surface area (Å²) in [5, 5.41) is 10.7. The maximum Gasteiger partial charge on any atom is 0.161 e. The van der Waals surface area contributed by atoms with Gasteiger partial charge in [-0.1, -0.05) is 12.1 Å². The number of carbonyl (C=O) groups is 1. The molecule has 0 aliphatic carbocycles. The van der Waals surface area contributed by atoms with E-state index < -0.39 is 6.10 Å². The normalized spacial score (nSPS) is 11.9. The van der Waals surface area contributed by atoms with E-state index in [0.29, 0.717) is 49.9 Å². The molecule has 7 nitrogen and oxygen atoms in total. The van der Waals surface area contributed by atoms with Gasteiger partial charge < -0.3 is 23.7 Å². The zero-order chi connectivity index (χ0) is 23.5. The minimum absolute atomic E-state index is 0.0775. The quantitative estimate of drug-likeness (QED) is 0.364. The van der Waals surface area contributed by atoms with Crippen LogP contribution in [0.5, 0.6) is 17.2 Å². The summed E-state index contributed by atoms with van der Waals surface area (Å²) in [6, 6.07) is 16.7. The van der Waals surface area contributed by atoms with Crippen molar-refractivity contribution < 1.29 is 28.5 Å². The van der Waals surface area contributed by atoms with Gasteiger partial charge >= 0.3 is 0 Å². The number of aliphatic hydroxyl groups is 1. The molecule has 0 radical (unpaired) electrons. The maximum absolute atomic E-state index is 11.0. The second-order valence-corrected chi connectivity index (χ2v) is 7.55. The summed E-state index contributed by atoms with van der Waals surface area (Å²) in [6.07, 6.45) is 1.64. The van der Waals surface area contributed by atoms with Crippen molar-refractivity contribution in [2.75, 3.05) is 26.4 Å². The molecule has 1 N–H and O–H groups in total. The van der Waals surface area contributed by atoms with E-state index in [2.05, 4.69) is 4.90 Å². The Hall–Kier alpha value is -3.29. The summed E-state index contributed by atoms with van der Waals surface area (Å²) in [5.74, 6) is 2.60. The number of carbonyl (C=O) groups excluding carboxylic acids is 1. The lowest BCUT2D eigenvalue weighted by molar-refractivity contribution is 0.0593. The standard InChI is InChI=1S/C26H31NO6/c1-3-30-23-8-5-7-20(13-23)15-27(17-24-9-6-12-32-24)16-22(29)19-33-25-11-10-21(18-28)14-26(25)31-4-2/h5-14,18,22,29H,3-4,15-17,19H2,1-2H3. The van der Waals surface area contributed by atoms with Crippen LogP contribution in [-0.4, -0.2) is 48.8 Å². The molecular weight excluding hydrogens is 422 g/mol. The van der Waals surface area contributed by atoms with Gasteiger partial charge in [-0.2, -0.15) is 0 Å². The fraction of sp³-hybridized carbons (Fsp3) is 0.346. The van der Waals surface area contributed by atoms with Crippen molar-refractivity contribution in [2.45, 2.75) is 33.0 Å². The Morgan fingerprint density at radius 2 is 1.82 bits per heavy atom. The van der Waals surface area contributed by atoms with Crippen LogP contribution in [0.4, 0.5) is 0 Å². The van der Waals surface area contributed by atoms with Crippen molar-refractivity contribution in [2.24, 2.45) is 0 Å². The van der Waals surface area contributed by atoms with E-state index >= 15 is 0 Å². The van der Waals surface area contributed by atoms with Gasteiger partial charge in [0.2, 0.25) is 0 Å². The number of aliphatic hydroxyl groups excluding tert-OH is 1. The van der Waals surface area contributed by atoms with Gasteiger partial charge in [0.15, 0.2) is 11.5 Å². The first-order valence-corrected chi connectivity index (χ1v) is 11.1. The molecular formula is C26H31NO6. The molecule has 7 heteroatoms. The Labute approximate surface area is 194 Å². The number of benzene rings is 2. The largest absolute Gasteiger partial charge is 0.494 e. The summed E-state index contributed by atoms with van der Waals surface area (Å²) in [7, 11) is 0. The van der Waals surface area contributed by atoms with Crippen molar-refractivity contribution in [3.8, 4) is 17.2 Å². The Balaban J connectivity index is 1.65. The molecule has 0 amide bonds. The Morgan fingerprint density at radius 3 is 2.55 bits per heavy atom. The van der Waals surface area contributed by atoms with Gasteiger partial charge in [0.25, 0.3) is 0 Å². The Morgan fingerprint density at radius 1 is 0.970 bits per heavy atom. The molecule has 0 aliphatic heterocycles. The number of ether oxygens (including phenoxy) is 3. The van der Waals surface area contributed by atoms with Crippen LogP contribution < -0.4 is 14.2 Å². The molecule has 3 aromatic rings. The highest BCUT2D eigenvalue weighted by atomic mass is 16.5. The minimum atomic E-state index is -0.754. The summed E-state index contributed by atoms with van der Waals surface area (Å²) in [4.78, 5) is 13.1. The van der Waals surface area contributed by atoms with Crippen LogP contribution in [0.2, 0.25) is 0 Å². The second kappa shape index (κ2) is 12.7. The molecule has 0 spiro atoms. The van der Waals surface area contributed by atoms with Crippen molar-refractivity contribution in [1.82, 2.24) is 4.90 Å². The lowest BCUT2D eigenvalue weighted by Crippen LogP contribution is -2.35. The molecule has 1 aromatic heterocycles. The van der Waals surface area contributed by atoms with Gasteiger partial charge in [-0.25, -0.2) is 0 Å². The van der Waals surface area contributed by atoms with Crippen LogP contribution in [0, 0.1) is 0 Å². The number of hydrogen-bond donors (Lipinski definition) is 1. The maximum atomic E-state index is 11.0. The van der Waals surface area contributed by atoms with E-state index in [-0.39, 0.29) is 6.61 Å². The number of hydrogen-bond acceptors (Lipinski definition) is 7. The van der Waals surface area contributed by atoms with Crippen molar-refractivity contribution in [3.05, 3.63) is 77.7 Å². The molecule has 0 saturated heterocycles. The molecule has 0 aliphatic rings. The Bertz CT molecular complexity index is 988. The van der Waals surface area contributed by atoms with Crippen LogP contribution in [0.3, 0.4) is 0 Å². The van der Waals surface area contributed by atoms with E-state index in [1.165, 1.54) is 0 Å². The summed E-state index contributed by atoms with van der Waals surface area (Å²) in [5.41, 5.74) is 1.58. The van der Waals surface area contributed by atoms with Gasteiger partial charge in [-0.15, -0.1) is 0 Å². The molecule has 2 aromatic carbocycles. The molecule has 3 rings (SSSR count). The van der Waals surface area contributed by atoms with Gasteiger partial charge in [0.1, 0.15) is 30.5 Å². The fourth-order valence-corrected chi connectivity index (χ4v) is 3.49. The highest BCUT2D eigenvalue weighted by molar-refractivity contribution is 5.76. The first-order chi connectivity index (χ1) is 16.1. The summed E-state index contributed by atoms with van der Waals surface area (Å²) < 4.78 is 22.5. The highest BCUT2D eigenvalue weighted by Crippen LogP contribution is 2.28. The molecule has 0 fully saturated rings. The molecule has 1 unspecified atom stereocenters. The Kier molecular flexibility index (Phi) is 9.35. The molecule has 33 heavy (non-hydrogen) atoms. The second-order valence-electron chi connectivity index (χ2n) is 7.55. The molecule has 0 saturated carbocycles. The number of nitrogens with zero attached hydrogens (tertiary/aromatic N) is 1. The first-order valence-electron chi connectivity index (χ1n) is 11.1. The van der Waals surface area contributed by atoms with Crippen molar-refractivity contribution >= 4 is 6.29 Å². The van der Waals surface area contributed by atoms with Crippen molar-refractivity contribution in [3.63, 3.8) is 0 Å². The zero-order valence-electron chi connectivity index (χ0n) is 19.1. The first kappa shape index (κ1) is 24.4. The molecule has 1 atom stereocenters. The van der Waals surface area contributed by atoms with Gasteiger partial charge in [-0.3, -0.25) is 9.69 Å². The van der Waals surface area contributed by atoms with E-state index in [4.69, 9.17) is 18.6 Å². The van der Waals surface area contributed by atoms with Gasteiger partial charge in [-0.05, 0) is 61.9 Å². The number of rotatable bonds is 14. The van der Waals surface area contributed by atoms with Crippen LogP contribution in [0.25, 0.3) is 0 Å². The van der Waals surface area contributed by atoms with Crippen LogP contribution in [0.1, 0.15) is 35.5 Å². The topological polar surface area (TPSA) is 81.4 Å². The molecule has 176 valence electrons. The average Bonchev–Trinajstić information content (AvgIpc) is 3.32. The lowest BCUT2D eigenvalue weighted by atomic mass is 10.2. The zero-order valence-corrected chi connectivity index (χ0v) is 19.1. The summed E-state index contributed by atoms with van der Waals surface area (Å²) >= 11 is 0. The van der Waals surface area contributed by atoms with Crippen LogP contribution >= 0.6 is 0 Å². The third kappa shape index (κ3) is 7.66. The molecule has 0 bridgehead atoms. The predicted molar refractivity (Wildman–Crippen MR) is 125 cm³/mol. The summed E-state index contributed by atoms with van der Waals surface area (Å²) in [6.45, 7) is 6.46. The van der Waals surface area contributed by atoms with Crippen molar-refractivity contribution in [1.29, 1.82) is 0 Å². The highest BCUT2D eigenvalue weighted by Gasteiger charge is 2.16. The van der Waals surface area contributed by atoms with Crippen LogP contribution in [-0.2, 0) is 13.1 Å². The van der Waals surface area contributed by atoms with E-state index in [0.717, 1.165) is 23.4 Å². The van der Waals surface area contributed by atoms with Gasteiger partial charge in [0.05, 0.1) is 26.0 Å². The third-order valence-electron chi connectivity index (χ3n) is 4.88. The monoisotopic (exact) mass is 453 g/mol. The van der Waals surface area contributed by atoms with E-state index in [1.54, 1.807) is 24.5 Å². The average molecular weight is 454 g/mol. The van der Waals surface area contributed by atoms with E-state index in [9.17, 15) is 9.90 Å². The van der Waals surface area contributed by atoms with Gasteiger partial charge in [0, 0.05) is 18.7 Å². The number of aldehydes is 1.